The number of benzene rings is 1. The highest BCUT2D eigenvalue weighted by molar-refractivity contribution is 8.01. The Kier molecular flexibility index (Phi) is 3.57. The lowest BCUT2D eigenvalue weighted by atomic mass is 10.3. The monoisotopic (exact) mass is 303 g/mol. The minimum Gasteiger partial charge on any atom is -0.491 e. The van der Waals surface area contributed by atoms with Gasteiger partial charge in [-0.05, 0) is 24.1 Å². The van der Waals surface area contributed by atoms with E-state index in [1.165, 1.54) is 30.5 Å². The van der Waals surface area contributed by atoms with Gasteiger partial charge in [-0.2, -0.15) is 0 Å². The Labute approximate surface area is 126 Å². The van der Waals surface area contributed by atoms with Gasteiger partial charge in [-0.15, -0.1) is 0 Å². The second-order valence-corrected chi connectivity index (χ2v) is 5.20. The summed E-state index contributed by atoms with van der Waals surface area (Å²) in [6.07, 6.45) is 1.57. The van der Waals surface area contributed by atoms with Gasteiger partial charge in [-0.3, -0.25) is 0 Å². The van der Waals surface area contributed by atoms with Crippen LogP contribution in [-0.2, 0) is 0 Å². The summed E-state index contributed by atoms with van der Waals surface area (Å²) in [7, 11) is 3.05. The van der Waals surface area contributed by atoms with Gasteiger partial charge in [0.2, 0.25) is 0 Å². The van der Waals surface area contributed by atoms with Gasteiger partial charge < -0.3 is 14.8 Å². The molecule has 2 aromatic rings. The lowest BCUT2D eigenvalue weighted by molar-refractivity contribution is 0.260. The minimum atomic E-state index is -0.229. The quantitative estimate of drug-likeness (QED) is 0.882. The molecule has 0 fully saturated rings. The van der Waals surface area contributed by atoms with Crippen molar-refractivity contribution in [3.63, 3.8) is 0 Å². The zero-order valence-corrected chi connectivity index (χ0v) is 12.3. The number of aromatic nitrogens is 1. The molecule has 108 valence electrons. The summed E-state index contributed by atoms with van der Waals surface area (Å²) < 4.78 is 11.8. The van der Waals surface area contributed by atoms with Crippen LogP contribution >= 0.6 is 11.9 Å². The molecule has 21 heavy (non-hydrogen) atoms. The molecule has 1 aromatic carbocycles. The molecular formula is C14H13N3O3S. The van der Waals surface area contributed by atoms with Gasteiger partial charge in [0.25, 0.3) is 5.88 Å². The van der Waals surface area contributed by atoms with Crippen molar-refractivity contribution in [1.82, 2.24) is 4.98 Å². The van der Waals surface area contributed by atoms with Crippen molar-refractivity contribution in [2.45, 2.75) is 4.90 Å². The Balaban J connectivity index is 1.96. The second-order valence-electron chi connectivity index (χ2n) is 4.22. The number of amides is 2. The number of hydrogen-bond donors (Lipinski definition) is 1. The van der Waals surface area contributed by atoms with E-state index in [-0.39, 0.29) is 6.03 Å². The molecule has 2 heterocycles. The number of anilines is 2. The van der Waals surface area contributed by atoms with E-state index in [0.29, 0.717) is 17.3 Å². The van der Waals surface area contributed by atoms with E-state index in [0.717, 1.165) is 10.6 Å². The van der Waals surface area contributed by atoms with Crippen molar-refractivity contribution < 1.29 is 14.3 Å². The topological polar surface area (TPSA) is 63.7 Å². The predicted octanol–water partition coefficient (Wildman–Crippen LogP) is 3.16. The molecular weight excluding hydrogens is 290 g/mol. The van der Waals surface area contributed by atoms with Crippen LogP contribution in [0, 0.1) is 0 Å². The van der Waals surface area contributed by atoms with E-state index in [9.17, 15) is 4.79 Å². The minimum absolute atomic E-state index is 0.229. The summed E-state index contributed by atoms with van der Waals surface area (Å²) >= 11 is 1.34. The zero-order valence-electron chi connectivity index (χ0n) is 11.5. The third-order valence-electron chi connectivity index (χ3n) is 2.95. The molecule has 1 aliphatic rings. The Morgan fingerprint density at radius 3 is 2.81 bits per heavy atom. The highest BCUT2D eigenvalue weighted by Crippen LogP contribution is 2.39. The van der Waals surface area contributed by atoms with Crippen LogP contribution in [0.3, 0.4) is 0 Å². The maximum absolute atomic E-state index is 12.2. The molecule has 0 bridgehead atoms. The molecule has 0 unspecified atom stereocenters. The van der Waals surface area contributed by atoms with Gasteiger partial charge >= 0.3 is 6.03 Å². The third kappa shape index (κ3) is 2.47. The first-order valence-corrected chi connectivity index (χ1v) is 6.96. The summed E-state index contributed by atoms with van der Waals surface area (Å²) in [5, 5.41) is 2.84. The number of methoxy groups -OCH3 is 2. The molecule has 7 heteroatoms. The second kappa shape index (κ2) is 5.53. The van der Waals surface area contributed by atoms with Gasteiger partial charge in [0.05, 0.1) is 36.7 Å². The summed E-state index contributed by atoms with van der Waals surface area (Å²) in [4.78, 5) is 17.3. The smallest absolute Gasteiger partial charge is 0.336 e. The number of pyridine rings is 1. The summed E-state index contributed by atoms with van der Waals surface area (Å²) in [6, 6.07) is 9.10. The summed E-state index contributed by atoms with van der Waals surface area (Å²) in [6.45, 7) is 0. The molecule has 1 aromatic heterocycles. The van der Waals surface area contributed by atoms with E-state index in [2.05, 4.69) is 10.3 Å². The van der Waals surface area contributed by atoms with Crippen molar-refractivity contribution in [1.29, 1.82) is 0 Å². The molecule has 0 saturated heterocycles. The molecule has 1 aliphatic heterocycles. The van der Waals surface area contributed by atoms with Gasteiger partial charge in [0.15, 0.2) is 5.75 Å². The number of para-hydroxylation sites is 1. The van der Waals surface area contributed by atoms with E-state index >= 15 is 0 Å². The van der Waals surface area contributed by atoms with Crippen LogP contribution in [0.2, 0.25) is 0 Å². The molecule has 0 saturated carbocycles. The fourth-order valence-corrected chi connectivity index (χ4v) is 2.84. The Hall–Kier alpha value is -2.41. The van der Waals surface area contributed by atoms with Crippen LogP contribution in [0.4, 0.5) is 16.2 Å². The van der Waals surface area contributed by atoms with Gasteiger partial charge in [-0.1, -0.05) is 12.1 Å². The summed E-state index contributed by atoms with van der Waals surface area (Å²) in [5.74, 6) is 0.853. The maximum atomic E-state index is 12.2. The van der Waals surface area contributed by atoms with Crippen LogP contribution in [0.5, 0.6) is 11.6 Å². The largest absolute Gasteiger partial charge is 0.491 e. The number of urea groups is 1. The molecule has 0 radical (unpaired) electrons. The SMILES string of the molecule is COc1cc(N2Sc3ccccc3NC2=O)cnc1OC. The number of hydrogen-bond acceptors (Lipinski definition) is 5. The van der Waals surface area contributed by atoms with E-state index in [4.69, 9.17) is 9.47 Å². The van der Waals surface area contributed by atoms with Crippen molar-refractivity contribution >= 4 is 29.4 Å². The molecule has 2 amide bonds. The number of carbonyl (C=O) groups excluding carboxylic acids is 1. The van der Waals surface area contributed by atoms with Crippen molar-refractivity contribution in [3.05, 3.63) is 36.5 Å². The molecule has 3 rings (SSSR count). The zero-order chi connectivity index (χ0) is 14.8. The normalized spacial score (nSPS) is 13.4. The first kappa shape index (κ1) is 13.6. The van der Waals surface area contributed by atoms with Crippen LogP contribution in [0.15, 0.2) is 41.4 Å². The fourth-order valence-electron chi connectivity index (χ4n) is 1.96. The van der Waals surface area contributed by atoms with Gasteiger partial charge in [0.1, 0.15) is 0 Å². The highest BCUT2D eigenvalue weighted by Gasteiger charge is 2.26. The number of nitrogens with zero attached hydrogens (tertiary/aromatic N) is 2. The molecule has 1 N–H and O–H groups in total. The number of ether oxygens (including phenoxy) is 2. The maximum Gasteiger partial charge on any atom is 0.336 e. The van der Waals surface area contributed by atoms with Crippen LogP contribution < -0.4 is 19.1 Å². The standard InChI is InChI=1S/C14H13N3O3S/c1-19-11-7-9(8-15-13(11)20-2)17-14(18)16-10-5-3-4-6-12(10)21-17/h3-8H,1-2H3,(H,16,18). The van der Waals surface area contributed by atoms with Crippen LogP contribution in [0.1, 0.15) is 0 Å². The first-order chi connectivity index (χ1) is 10.2. The molecule has 0 aliphatic carbocycles. The van der Waals surface area contributed by atoms with Crippen molar-refractivity contribution in [3.8, 4) is 11.6 Å². The third-order valence-corrected chi connectivity index (χ3v) is 4.07. The Morgan fingerprint density at radius 2 is 2.05 bits per heavy atom. The Morgan fingerprint density at radius 1 is 1.24 bits per heavy atom. The summed E-state index contributed by atoms with van der Waals surface area (Å²) in [5.41, 5.74) is 1.42. The molecule has 6 nitrogen and oxygen atoms in total. The van der Waals surface area contributed by atoms with Gasteiger partial charge in [0, 0.05) is 6.07 Å². The van der Waals surface area contributed by atoms with Crippen LogP contribution in [0.25, 0.3) is 0 Å². The number of nitrogens with one attached hydrogen (secondary N) is 1. The predicted molar refractivity (Wildman–Crippen MR) is 81.1 cm³/mol. The average Bonchev–Trinajstić information content (AvgIpc) is 2.53. The van der Waals surface area contributed by atoms with E-state index in [1.54, 1.807) is 12.3 Å². The number of fused-ring (bicyclic) bond motifs is 1. The average molecular weight is 303 g/mol. The van der Waals surface area contributed by atoms with Crippen LogP contribution in [-0.4, -0.2) is 25.2 Å². The van der Waals surface area contributed by atoms with Crippen molar-refractivity contribution in [2.24, 2.45) is 0 Å². The fraction of sp³-hybridized carbons (Fsp3) is 0.143. The number of carbonyl (C=O) groups is 1. The lowest BCUT2D eigenvalue weighted by Crippen LogP contribution is -2.32. The van der Waals surface area contributed by atoms with Gasteiger partial charge in [-0.25, -0.2) is 14.1 Å². The number of rotatable bonds is 3. The molecule has 0 spiro atoms. The van der Waals surface area contributed by atoms with E-state index in [1.807, 2.05) is 24.3 Å². The van der Waals surface area contributed by atoms with E-state index < -0.39 is 0 Å². The Bertz CT molecular complexity index is 693. The lowest BCUT2D eigenvalue weighted by Gasteiger charge is -2.27. The molecule has 0 atom stereocenters. The first-order valence-electron chi connectivity index (χ1n) is 6.19. The van der Waals surface area contributed by atoms with Crippen molar-refractivity contribution in [2.75, 3.05) is 23.8 Å². The highest BCUT2D eigenvalue weighted by atomic mass is 32.2.